The summed E-state index contributed by atoms with van der Waals surface area (Å²) < 4.78 is 38.1. The summed E-state index contributed by atoms with van der Waals surface area (Å²) in [6.45, 7) is 1.73. The summed E-state index contributed by atoms with van der Waals surface area (Å²) in [5.41, 5.74) is -0.278. The standard InChI is InChI=1S/C15H19F3N2S/c16-15(17,18)12-7-6-8-13(11-12)19-14(21)20-9-4-2-1-3-5-10-20/h6-8,11H,1-5,9-10H2,(H,19,21). The average Bonchev–Trinajstić information content (AvgIpc) is 2.37. The maximum absolute atomic E-state index is 12.7. The molecule has 6 heteroatoms. The van der Waals surface area contributed by atoms with Crippen molar-refractivity contribution in [2.75, 3.05) is 18.4 Å². The van der Waals surface area contributed by atoms with E-state index in [1.54, 1.807) is 6.07 Å². The molecule has 1 aromatic carbocycles. The number of hydrogen-bond acceptors (Lipinski definition) is 1. The highest BCUT2D eigenvalue weighted by Gasteiger charge is 2.30. The zero-order valence-electron chi connectivity index (χ0n) is 11.7. The number of thiocarbonyl (C=S) groups is 1. The second-order valence-electron chi connectivity index (χ2n) is 5.26. The largest absolute Gasteiger partial charge is 0.416 e. The van der Waals surface area contributed by atoms with Crippen LogP contribution in [0.5, 0.6) is 0 Å². The lowest BCUT2D eigenvalue weighted by atomic mass is 10.1. The molecular formula is C15H19F3N2S. The monoisotopic (exact) mass is 316 g/mol. The molecule has 1 aliphatic heterocycles. The van der Waals surface area contributed by atoms with Crippen LogP contribution in [0.4, 0.5) is 18.9 Å². The van der Waals surface area contributed by atoms with Crippen molar-refractivity contribution in [3.8, 4) is 0 Å². The van der Waals surface area contributed by atoms with E-state index in [1.165, 1.54) is 25.3 Å². The number of nitrogens with zero attached hydrogens (tertiary/aromatic N) is 1. The molecule has 0 aromatic heterocycles. The van der Waals surface area contributed by atoms with E-state index in [4.69, 9.17) is 12.2 Å². The second kappa shape index (κ2) is 7.11. The van der Waals surface area contributed by atoms with Crippen LogP contribution in [0.2, 0.25) is 0 Å². The van der Waals surface area contributed by atoms with Crippen molar-refractivity contribution < 1.29 is 13.2 Å². The Morgan fingerprint density at radius 2 is 1.67 bits per heavy atom. The van der Waals surface area contributed by atoms with Gasteiger partial charge in [-0.1, -0.05) is 25.3 Å². The van der Waals surface area contributed by atoms with Crippen LogP contribution < -0.4 is 5.32 Å². The maximum atomic E-state index is 12.7. The second-order valence-corrected chi connectivity index (χ2v) is 5.65. The summed E-state index contributed by atoms with van der Waals surface area (Å²) in [6.07, 6.45) is 1.43. The van der Waals surface area contributed by atoms with Crippen molar-refractivity contribution in [1.29, 1.82) is 0 Å². The van der Waals surface area contributed by atoms with Crippen LogP contribution in [0.15, 0.2) is 24.3 Å². The summed E-state index contributed by atoms with van der Waals surface area (Å²) in [6, 6.07) is 5.15. The van der Waals surface area contributed by atoms with Crippen LogP contribution in [0.3, 0.4) is 0 Å². The maximum Gasteiger partial charge on any atom is 0.416 e. The van der Waals surface area contributed by atoms with Gasteiger partial charge in [-0.2, -0.15) is 13.2 Å². The van der Waals surface area contributed by atoms with Crippen molar-refractivity contribution in [1.82, 2.24) is 4.90 Å². The fourth-order valence-electron chi connectivity index (χ4n) is 2.43. The zero-order valence-corrected chi connectivity index (χ0v) is 12.6. The first-order valence-corrected chi connectivity index (χ1v) is 7.61. The molecule has 1 saturated heterocycles. The molecule has 2 rings (SSSR count). The molecule has 0 atom stereocenters. The van der Waals surface area contributed by atoms with Crippen LogP contribution in [-0.4, -0.2) is 23.1 Å². The van der Waals surface area contributed by atoms with E-state index in [0.29, 0.717) is 10.8 Å². The predicted octanol–water partition coefficient (Wildman–Crippen LogP) is 4.67. The quantitative estimate of drug-likeness (QED) is 0.758. The molecule has 0 spiro atoms. The van der Waals surface area contributed by atoms with E-state index in [1.807, 2.05) is 0 Å². The topological polar surface area (TPSA) is 15.3 Å². The summed E-state index contributed by atoms with van der Waals surface area (Å²) >= 11 is 5.33. The van der Waals surface area contributed by atoms with Gasteiger partial charge in [0.25, 0.3) is 0 Å². The average molecular weight is 316 g/mol. The first kappa shape index (κ1) is 16.1. The van der Waals surface area contributed by atoms with Gasteiger partial charge in [0.05, 0.1) is 5.56 Å². The van der Waals surface area contributed by atoms with Crippen molar-refractivity contribution in [3.63, 3.8) is 0 Å². The fraction of sp³-hybridized carbons (Fsp3) is 0.533. The molecule has 0 radical (unpaired) electrons. The van der Waals surface area contributed by atoms with Crippen LogP contribution >= 0.6 is 12.2 Å². The van der Waals surface area contributed by atoms with E-state index in [2.05, 4.69) is 10.2 Å². The Morgan fingerprint density at radius 3 is 2.29 bits per heavy atom. The van der Waals surface area contributed by atoms with Gasteiger partial charge >= 0.3 is 6.18 Å². The Kier molecular flexibility index (Phi) is 5.45. The summed E-state index contributed by atoms with van der Waals surface area (Å²) in [7, 11) is 0. The lowest BCUT2D eigenvalue weighted by Crippen LogP contribution is -2.37. The van der Waals surface area contributed by atoms with E-state index in [0.717, 1.165) is 38.1 Å². The normalized spacial score (nSPS) is 17.0. The minimum Gasteiger partial charge on any atom is -0.349 e. The third kappa shape index (κ3) is 4.88. The van der Waals surface area contributed by atoms with E-state index in [9.17, 15) is 13.2 Å². The van der Waals surface area contributed by atoms with Crippen LogP contribution in [0, 0.1) is 0 Å². The molecule has 0 unspecified atom stereocenters. The Labute approximate surface area is 128 Å². The van der Waals surface area contributed by atoms with Gasteiger partial charge in [0.1, 0.15) is 0 Å². The molecule has 1 heterocycles. The first-order chi connectivity index (χ1) is 9.97. The lowest BCUT2D eigenvalue weighted by Gasteiger charge is -2.27. The Balaban J connectivity index is 2.01. The number of halogens is 3. The number of anilines is 1. The van der Waals surface area contributed by atoms with Crippen molar-refractivity contribution in [2.24, 2.45) is 0 Å². The number of hydrogen-bond donors (Lipinski definition) is 1. The van der Waals surface area contributed by atoms with Gasteiger partial charge in [-0.05, 0) is 43.3 Å². The van der Waals surface area contributed by atoms with Crippen molar-refractivity contribution in [2.45, 2.75) is 38.3 Å². The van der Waals surface area contributed by atoms with Gasteiger partial charge in [0.15, 0.2) is 5.11 Å². The Morgan fingerprint density at radius 1 is 1.05 bits per heavy atom. The summed E-state index contributed by atoms with van der Waals surface area (Å²) in [5.74, 6) is 0. The molecule has 21 heavy (non-hydrogen) atoms. The van der Waals surface area contributed by atoms with E-state index >= 15 is 0 Å². The Bertz CT molecular complexity index is 480. The van der Waals surface area contributed by atoms with E-state index in [-0.39, 0.29) is 0 Å². The molecular weight excluding hydrogens is 297 g/mol. The zero-order chi connectivity index (χ0) is 15.3. The molecule has 116 valence electrons. The predicted molar refractivity (Wildman–Crippen MR) is 82.3 cm³/mol. The minimum atomic E-state index is -4.33. The number of benzene rings is 1. The molecule has 1 aromatic rings. The first-order valence-electron chi connectivity index (χ1n) is 7.20. The van der Waals surface area contributed by atoms with Crippen LogP contribution in [0.25, 0.3) is 0 Å². The van der Waals surface area contributed by atoms with Crippen LogP contribution in [0.1, 0.15) is 37.7 Å². The van der Waals surface area contributed by atoms with Gasteiger partial charge in [0.2, 0.25) is 0 Å². The lowest BCUT2D eigenvalue weighted by molar-refractivity contribution is -0.137. The van der Waals surface area contributed by atoms with Gasteiger partial charge < -0.3 is 10.2 Å². The molecule has 1 N–H and O–H groups in total. The third-order valence-electron chi connectivity index (χ3n) is 3.58. The highest BCUT2D eigenvalue weighted by atomic mass is 32.1. The smallest absolute Gasteiger partial charge is 0.349 e. The number of rotatable bonds is 1. The molecule has 1 fully saturated rings. The van der Waals surface area contributed by atoms with Gasteiger partial charge in [-0.25, -0.2) is 0 Å². The third-order valence-corrected chi connectivity index (χ3v) is 3.94. The number of alkyl halides is 3. The molecule has 0 saturated carbocycles. The minimum absolute atomic E-state index is 0.386. The number of nitrogens with one attached hydrogen (secondary N) is 1. The Hall–Kier alpha value is -1.30. The van der Waals surface area contributed by atoms with Gasteiger partial charge in [-0.15, -0.1) is 0 Å². The molecule has 0 aliphatic carbocycles. The summed E-state index contributed by atoms with van der Waals surface area (Å²) in [4.78, 5) is 2.05. The van der Waals surface area contributed by atoms with Crippen molar-refractivity contribution in [3.05, 3.63) is 29.8 Å². The highest BCUT2D eigenvalue weighted by molar-refractivity contribution is 7.80. The van der Waals surface area contributed by atoms with Crippen LogP contribution in [-0.2, 0) is 6.18 Å². The molecule has 0 amide bonds. The molecule has 2 nitrogen and oxygen atoms in total. The number of likely N-dealkylation sites (tertiary alicyclic amines) is 1. The highest BCUT2D eigenvalue weighted by Crippen LogP contribution is 2.30. The van der Waals surface area contributed by atoms with Gasteiger partial charge in [0, 0.05) is 18.8 Å². The summed E-state index contributed by atoms with van der Waals surface area (Å²) in [5, 5.41) is 3.44. The molecule has 1 aliphatic rings. The van der Waals surface area contributed by atoms with Gasteiger partial charge in [-0.3, -0.25) is 0 Å². The fourth-order valence-corrected chi connectivity index (χ4v) is 2.73. The van der Waals surface area contributed by atoms with Crippen molar-refractivity contribution >= 4 is 23.0 Å². The molecule has 0 bridgehead atoms. The SMILES string of the molecule is FC(F)(F)c1cccc(NC(=S)N2CCCCCCC2)c1. The van der Waals surface area contributed by atoms with E-state index < -0.39 is 11.7 Å².